The van der Waals surface area contributed by atoms with Crippen LogP contribution in [0.5, 0.6) is 0 Å². The number of thiazole rings is 1. The molecule has 1 saturated heterocycles. The molecule has 0 radical (unpaired) electrons. The smallest absolute Gasteiger partial charge is 0.293 e. The molecule has 1 aliphatic rings. The first kappa shape index (κ1) is 11.3. The molecule has 7 heteroatoms. The second-order valence-corrected chi connectivity index (χ2v) is 4.75. The third kappa shape index (κ3) is 2.16. The summed E-state index contributed by atoms with van der Waals surface area (Å²) < 4.78 is 0. The van der Waals surface area contributed by atoms with Gasteiger partial charge in [-0.2, -0.15) is 0 Å². The van der Waals surface area contributed by atoms with Gasteiger partial charge in [0.2, 0.25) is 0 Å². The van der Waals surface area contributed by atoms with E-state index in [0.29, 0.717) is 10.6 Å². The number of nitrogens with two attached hydrogens (primary N) is 1. The van der Waals surface area contributed by atoms with E-state index in [0.717, 1.165) is 16.7 Å². The lowest BCUT2D eigenvalue weighted by molar-refractivity contribution is -0.122. The molecule has 1 aliphatic heterocycles. The number of aromatic nitrogens is 1. The molecule has 2 N–H and O–H groups in total. The zero-order chi connectivity index (χ0) is 11.5. The number of imide groups is 1. The number of rotatable bonds is 3. The summed E-state index contributed by atoms with van der Waals surface area (Å²) in [6, 6.07) is 0. The van der Waals surface area contributed by atoms with Crippen molar-refractivity contribution >= 4 is 40.3 Å². The predicted molar refractivity (Wildman–Crippen MR) is 63.8 cm³/mol. The molecular formula is C9H9N3O2S2. The van der Waals surface area contributed by atoms with Crippen LogP contribution in [0.4, 0.5) is 4.79 Å². The van der Waals surface area contributed by atoms with Crippen LogP contribution in [-0.2, 0) is 4.79 Å². The highest BCUT2D eigenvalue weighted by Crippen LogP contribution is 2.31. The zero-order valence-electron chi connectivity index (χ0n) is 8.25. The minimum absolute atomic E-state index is 0.263. The molecule has 1 fully saturated rings. The maximum absolute atomic E-state index is 11.8. The Labute approximate surface area is 100 Å². The fourth-order valence-corrected chi connectivity index (χ4v) is 2.61. The van der Waals surface area contributed by atoms with Gasteiger partial charge in [0.05, 0.1) is 16.1 Å². The number of carbonyl (C=O) groups is 2. The van der Waals surface area contributed by atoms with Crippen LogP contribution in [0.2, 0.25) is 0 Å². The summed E-state index contributed by atoms with van der Waals surface area (Å²) in [6.07, 6.45) is 1.62. The van der Waals surface area contributed by atoms with Gasteiger partial charge in [-0.1, -0.05) is 0 Å². The molecule has 0 atom stereocenters. The Morgan fingerprint density at radius 1 is 1.50 bits per heavy atom. The molecule has 0 spiro atoms. The molecule has 2 rings (SSSR count). The van der Waals surface area contributed by atoms with Gasteiger partial charge in [0.25, 0.3) is 11.1 Å². The van der Waals surface area contributed by atoms with E-state index in [2.05, 4.69) is 4.98 Å². The first-order chi connectivity index (χ1) is 7.72. The number of hydrogen-bond acceptors (Lipinski definition) is 6. The summed E-state index contributed by atoms with van der Waals surface area (Å²) in [6.45, 7) is 0.543. The second kappa shape index (κ2) is 4.77. The Morgan fingerprint density at radius 2 is 2.31 bits per heavy atom. The van der Waals surface area contributed by atoms with E-state index in [1.165, 1.54) is 11.3 Å². The maximum atomic E-state index is 11.8. The van der Waals surface area contributed by atoms with Gasteiger partial charge in [-0.3, -0.25) is 14.5 Å². The van der Waals surface area contributed by atoms with Crippen molar-refractivity contribution in [1.29, 1.82) is 0 Å². The Kier molecular flexibility index (Phi) is 3.37. The topological polar surface area (TPSA) is 76.3 Å². The van der Waals surface area contributed by atoms with Gasteiger partial charge < -0.3 is 5.73 Å². The van der Waals surface area contributed by atoms with E-state index in [-0.39, 0.29) is 24.2 Å². The van der Waals surface area contributed by atoms with Gasteiger partial charge in [0.1, 0.15) is 0 Å². The SMILES string of the molecule is NCCN1C(=O)SC(=Cc2cscn2)C1=O. The summed E-state index contributed by atoms with van der Waals surface area (Å²) in [4.78, 5) is 28.8. The summed E-state index contributed by atoms with van der Waals surface area (Å²) in [5, 5.41) is 1.55. The highest BCUT2D eigenvalue weighted by molar-refractivity contribution is 8.18. The molecule has 0 aromatic carbocycles. The van der Waals surface area contributed by atoms with E-state index in [9.17, 15) is 9.59 Å². The minimum atomic E-state index is -0.284. The van der Waals surface area contributed by atoms with Crippen molar-refractivity contribution < 1.29 is 9.59 Å². The van der Waals surface area contributed by atoms with Crippen molar-refractivity contribution in [3.63, 3.8) is 0 Å². The first-order valence-corrected chi connectivity index (χ1v) is 6.32. The van der Waals surface area contributed by atoms with E-state index < -0.39 is 0 Å². The average molecular weight is 255 g/mol. The molecule has 0 bridgehead atoms. The highest BCUT2D eigenvalue weighted by atomic mass is 32.2. The highest BCUT2D eigenvalue weighted by Gasteiger charge is 2.34. The van der Waals surface area contributed by atoms with Gasteiger partial charge in [-0.05, 0) is 17.8 Å². The van der Waals surface area contributed by atoms with Crippen LogP contribution in [0, 0.1) is 0 Å². The van der Waals surface area contributed by atoms with Crippen molar-refractivity contribution in [3.8, 4) is 0 Å². The normalized spacial score (nSPS) is 18.8. The Balaban J connectivity index is 2.20. The van der Waals surface area contributed by atoms with Crippen LogP contribution in [-0.4, -0.2) is 34.1 Å². The molecule has 2 amide bonds. The summed E-state index contributed by atoms with van der Waals surface area (Å²) in [5.74, 6) is -0.284. The summed E-state index contributed by atoms with van der Waals surface area (Å²) >= 11 is 2.37. The number of thioether (sulfide) groups is 1. The standard InChI is InChI=1S/C9H9N3O2S2/c10-1-2-12-8(13)7(16-9(12)14)3-6-4-15-5-11-6/h3-5H,1-2,10H2. The summed E-state index contributed by atoms with van der Waals surface area (Å²) in [7, 11) is 0. The van der Waals surface area contributed by atoms with Crippen LogP contribution < -0.4 is 5.73 Å². The Bertz CT molecular complexity index is 442. The number of nitrogens with zero attached hydrogens (tertiary/aromatic N) is 2. The van der Waals surface area contributed by atoms with Gasteiger partial charge in [0.15, 0.2) is 0 Å². The first-order valence-electron chi connectivity index (χ1n) is 4.56. The average Bonchev–Trinajstić information content (AvgIpc) is 2.84. The molecule has 5 nitrogen and oxygen atoms in total. The number of carbonyl (C=O) groups excluding carboxylic acids is 2. The fraction of sp³-hybridized carbons (Fsp3) is 0.222. The van der Waals surface area contributed by atoms with E-state index in [4.69, 9.17) is 5.73 Å². The van der Waals surface area contributed by atoms with E-state index in [1.54, 1.807) is 11.6 Å². The molecule has 0 aliphatic carbocycles. The lowest BCUT2D eigenvalue weighted by Crippen LogP contribution is -2.33. The number of amides is 2. The molecule has 0 saturated carbocycles. The van der Waals surface area contributed by atoms with Crippen LogP contribution in [0.3, 0.4) is 0 Å². The minimum Gasteiger partial charge on any atom is -0.329 e. The van der Waals surface area contributed by atoms with Crippen molar-refractivity contribution in [3.05, 3.63) is 21.5 Å². The molecule has 2 heterocycles. The molecule has 1 aromatic heterocycles. The quantitative estimate of drug-likeness (QED) is 0.820. The summed E-state index contributed by atoms with van der Waals surface area (Å²) in [5.41, 5.74) is 7.70. The van der Waals surface area contributed by atoms with Crippen molar-refractivity contribution in [1.82, 2.24) is 9.88 Å². The third-order valence-corrected chi connectivity index (χ3v) is 3.47. The van der Waals surface area contributed by atoms with Crippen LogP contribution in [0.15, 0.2) is 15.8 Å². The molecule has 0 unspecified atom stereocenters. The van der Waals surface area contributed by atoms with Gasteiger partial charge in [-0.25, -0.2) is 4.98 Å². The Morgan fingerprint density at radius 3 is 2.94 bits per heavy atom. The van der Waals surface area contributed by atoms with Crippen LogP contribution in [0.1, 0.15) is 5.69 Å². The van der Waals surface area contributed by atoms with Crippen molar-refractivity contribution in [2.24, 2.45) is 5.73 Å². The lowest BCUT2D eigenvalue weighted by Gasteiger charge is -2.09. The van der Waals surface area contributed by atoms with E-state index >= 15 is 0 Å². The van der Waals surface area contributed by atoms with E-state index in [1.807, 2.05) is 5.38 Å². The second-order valence-electron chi connectivity index (χ2n) is 3.04. The third-order valence-electron chi connectivity index (χ3n) is 1.96. The molecular weight excluding hydrogens is 246 g/mol. The molecule has 1 aromatic rings. The van der Waals surface area contributed by atoms with Gasteiger partial charge in [0, 0.05) is 18.5 Å². The molecule has 16 heavy (non-hydrogen) atoms. The monoisotopic (exact) mass is 255 g/mol. The lowest BCUT2D eigenvalue weighted by atomic mass is 10.3. The fourth-order valence-electron chi connectivity index (χ4n) is 1.25. The van der Waals surface area contributed by atoms with Gasteiger partial charge in [-0.15, -0.1) is 11.3 Å². The Hall–Kier alpha value is -1.18. The van der Waals surface area contributed by atoms with Crippen LogP contribution >= 0.6 is 23.1 Å². The largest absolute Gasteiger partial charge is 0.329 e. The number of hydrogen-bond donors (Lipinski definition) is 1. The predicted octanol–water partition coefficient (Wildman–Crippen LogP) is 1.14. The van der Waals surface area contributed by atoms with Crippen LogP contribution in [0.25, 0.3) is 6.08 Å². The zero-order valence-corrected chi connectivity index (χ0v) is 9.88. The maximum Gasteiger partial charge on any atom is 0.293 e. The van der Waals surface area contributed by atoms with Gasteiger partial charge >= 0.3 is 0 Å². The molecule has 84 valence electrons. The van der Waals surface area contributed by atoms with Crippen molar-refractivity contribution in [2.75, 3.05) is 13.1 Å². The van der Waals surface area contributed by atoms with Crippen molar-refractivity contribution in [2.45, 2.75) is 0 Å².